The fourth-order valence-electron chi connectivity index (χ4n) is 3.75. The van der Waals surface area contributed by atoms with E-state index < -0.39 is 5.97 Å². The first-order valence-electron chi connectivity index (χ1n) is 10.0. The fourth-order valence-corrected chi connectivity index (χ4v) is 3.75. The van der Waals surface area contributed by atoms with Gasteiger partial charge in [-0.05, 0) is 46.2 Å². The van der Waals surface area contributed by atoms with E-state index >= 15 is 0 Å². The van der Waals surface area contributed by atoms with Gasteiger partial charge in [-0.15, -0.1) is 0 Å². The Balaban J connectivity index is 1.55. The van der Waals surface area contributed by atoms with Gasteiger partial charge in [-0.2, -0.15) is 0 Å². The lowest BCUT2D eigenvalue weighted by atomic mass is 10.0. The Morgan fingerprint density at radius 3 is 2.69 bits per heavy atom. The molecule has 6 nitrogen and oxygen atoms in total. The number of nitrogens with zero attached hydrogens (tertiary/aromatic N) is 1. The molecular weight excluding hydrogens is 370 g/mol. The summed E-state index contributed by atoms with van der Waals surface area (Å²) < 4.78 is 18.8. The number of carbonyl (C=O) groups is 2. The third-order valence-corrected chi connectivity index (χ3v) is 5.09. The SMILES string of the molecule is CCCn1c(C)cc(C(=O)COC(=O)COc2cccc3c2OC(C)(C)C3)c1C. The summed E-state index contributed by atoms with van der Waals surface area (Å²) >= 11 is 0. The number of aryl methyl sites for hydroxylation is 1. The summed E-state index contributed by atoms with van der Waals surface area (Å²) in [5, 5.41) is 0. The van der Waals surface area contributed by atoms with E-state index in [0.29, 0.717) is 17.1 Å². The maximum atomic E-state index is 12.5. The zero-order chi connectivity index (χ0) is 21.2. The number of hydrogen-bond donors (Lipinski definition) is 0. The molecule has 0 unspecified atom stereocenters. The summed E-state index contributed by atoms with van der Waals surface area (Å²) in [6.07, 6.45) is 1.77. The van der Waals surface area contributed by atoms with Gasteiger partial charge in [0.25, 0.3) is 0 Å². The second kappa shape index (κ2) is 8.31. The Labute approximate surface area is 171 Å². The standard InChI is InChI=1S/C23H29NO5/c1-6-10-24-15(2)11-18(16(24)3)19(25)13-28-21(26)14-27-20-9-7-8-17-12-23(4,5)29-22(17)20/h7-9,11H,6,10,12-14H2,1-5H3. The molecule has 0 radical (unpaired) electrons. The number of ketones is 1. The molecule has 0 atom stereocenters. The molecule has 2 heterocycles. The maximum absolute atomic E-state index is 12.5. The topological polar surface area (TPSA) is 66.8 Å². The average molecular weight is 399 g/mol. The number of rotatable bonds is 8. The molecule has 2 aromatic rings. The molecule has 0 saturated carbocycles. The highest BCUT2D eigenvalue weighted by Crippen LogP contribution is 2.41. The van der Waals surface area contributed by atoms with Gasteiger partial charge in [0.05, 0.1) is 0 Å². The third kappa shape index (κ3) is 4.63. The number of ether oxygens (including phenoxy) is 3. The molecule has 1 aliphatic heterocycles. The molecule has 0 saturated heterocycles. The van der Waals surface area contributed by atoms with Crippen LogP contribution in [-0.4, -0.2) is 35.1 Å². The van der Waals surface area contributed by atoms with Crippen molar-refractivity contribution in [1.29, 1.82) is 0 Å². The lowest BCUT2D eigenvalue weighted by Crippen LogP contribution is -2.25. The fraction of sp³-hybridized carbons (Fsp3) is 0.478. The molecule has 0 amide bonds. The lowest BCUT2D eigenvalue weighted by molar-refractivity contribution is -0.144. The Morgan fingerprint density at radius 2 is 1.97 bits per heavy atom. The van der Waals surface area contributed by atoms with Crippen LogP contribution in [0.15, 0.2) is 24.3 Å². The lowest BCUT2D eigenvalue weighted by Gasteiger charge is -2.18. The first-order chi connectivity index (χ1) is 13.7. The van der Waals surface area contributed by atoms with Gasteiger partial charge in [0.2, 0.25) is 5.78 Å². The molecule has 6 heteroatoms. The van der Waals surface area contributed by atoms with Crippen molar-refractivity contribution in [2.75, 3.05) is 13.2 Å². The van der Waals surface area contributed by atoms with Crippen LogP contribution in [0.4, 0.5) is 0 Å². The zero-order valence-corrected chi connectivity index (χ0v) is 17.8. The van der Waals surface area contributed by atoms with E-state index in [1.54, 1.807) is 6.07 Å². The van der Waals surface area contributed by atoms with Crippen molar-refractivity contribution in [1.82, 2.24) is 4.57 Å². The summed E-state index contributed by atoms with van der Waals surface area (Å²) in [5.41, 5.74) is 3.29. The van der Waals surface area contributed by atoms with E-state index in [0.717, 1.165) is 36.3 Å². The van der Waals surface area contributed by atoms with Crippen molar-refractivity contribution < 1.29 is 23.8 Å². The summed E-state index contributed by atoms with van der Waals surface area (Å²) in [7, 11) is 0. The van der Waals surface area contributed by atoms with Crippen molar-refractivity contribution in [2.45, 2.75) is 59.6 Å². The number of carbonyl (C=O) groups excluding carboxylic acids is 2. The summed E-state index contributed by atoms with van der Waals surface area (Å²) in [6, 6.07) is 7.48. The molecule has 0 bridgehead atoms. The third-order valence-electron chi connectivity index (χ3n) is 5.09. The molecule has 0 fully saturated rings. The Bertz CT molecular complexity index is 926. The van der Waals surface area contributed by atoms with Crippen molar-refractivity contribution in [3.8, 4) is 11.5 Å². The second-order valence-corrected chi connectivity index (χ2v) is 8.09. The number of Topliss-reactive ketones (excluding diaryl/α,β-unsaturated/α-hetero) is 1. The highest BCUT2D eigenvalue weighted by molar-refractivity contribution is 5.99. The van der Waals surface area contributed by atoms with E-state index in [4.69, 9.17) is 14.2 Å². The van der Waals surface area contributed by atoms with Gasteiger partial charge in [0, 0.05) is 35.5 Å². The maximum Gasteiger partial charge on any atom is 0.344 e. The van der Waals surface area contributed by atoms with Gasteiger partial charge in [0.15, 0.2) is 24.7 Å². The molecule has 29 heavy (non-hydrogen) atoms. The van der Waals surface area contributed by atoms with Crippen LogP contribution < -0.4 is 9.47 Å². The van der Waals surface area contributed by atoms with Crippen LogP contribution in [0, 0.1) is 13.8 Å². The van der Waals surface area contributed by atoms with E-state index in [2.05, 4.69) is 11.5 Å². The van der Waals surface area contributed by atoms with Crippen molar-refractivity contribution in [2.24, 2.45) is 0 Å². The van der Waals surface area contributed by atoms with Crippen LogP contribution in [0.25, 0.3) is 0 Å². The first-order valence-corrected chi connectivity index (χ1v) is 10.0. The highest BCUT2D eigenvalue weighted by atomic mass is 16.6. The Morgan fingerprint density at radius 1 is 1.21 bits per heavy atom. The number of para-hydroxylation sites is 1. The van der Waals surface area contributed by atoms with Crippen molar-refractivity contribution >= 4 is 11.8 Å². The van der Waals surface area contributed by atoms with Crippen LogP contribution in [0.1, 0.15) is 54.5 Å². The van der Waals surface area contributed by atoms with Crippen molar-refractivity contribution in [3.63, 3.8) is 0 Å². The molecule has 3 rings (SSSR count). The van der Waals surface area contributed by atoms with Gasteiger partial charge in [-0.1, -0.05) is 19.1 Å². The number of hydrogen-bond acceptors (Lipinski definition) is 5. The highest BCUT2D eigenvalue weighted by Gasteiger charge is 2.32. The second-order valence-electron chi connectivity index (χ2n) is 8.09. The molecule has 1 aliphatic rings. The number of benzene rings is 1. The molecule has 0 N–H and O–H groups in total. The predicted octanol–water partition coefficient (Wildman–Crippen LogP) is 4.03. The van der Waals surface area contributed by atoms with E-state index in [-0.39, 0.29) is 24.6 Å². The molecule has 156 valence electrons. The summed E-state index contributed by atoms with van der Waals surface area (Å²) in [5.74, 6) is 0.388. The van der Waals surface area contributed by atoms with Crippen molar-refractivity contribution in [3.05, 3.63) is 46.8 Å². The number of fused-ring (bicyclic) bond motifs is 1. The molecule has 1 aromatic carbocycles. The van der Waals surface area contributed by atoms with E-state index in [9.17, 15) is 9.59 Å². The minimum atomic E-state index is -0.587. The molecule has 0 aliphatic carbocycles. The van der Waals surface area contributed by atoms with Crippen LogP contribution in [0.3, 0.4) is 0 Å². The summed E-state index contributed by atoms with van der Waals surface area (Å²) in [4.78, 5) is 24.6. The van der Waals surface area contributed by atoms with Crippen LogP contribution in [0.5, 0.6) is 11.5 Å². The van der Waals surface area contributed by atoms with Gasteiger partial charge in [-0.3, -0.25) is 4.79 Å². The summed E-state index contributed by atoms with van der Waals surface area (Å²) in [6.45, 7) is 10.3. The smallest absolute Gasteiger partial charge is 0.344 e. The minimum absolute atomic E-state index is 0.209. The Kier molecular flexibility index (Phi) is 6.01. The molecule has 0 spiro atoms. The van der Waals surface area contributed by atoms with Gasteiger partial charge in [-0.25, -0.2) is 4.79 Å². The van der Waals surface area contributed by atoms with E-state index in [1.807, 2.05) is 45.9 Å². The van der Waals surface area contributed by atoms with Crippen LogP contribution in [-0.2, 0) is 22.5 Å². The van der Waals surface area contributed by atoms with Crippen LogP contribution in [0.2, 0.25) is 0 Å². The zero-order valence-electron chi connectivity index (χ0n) is 17.8. The minimum Gasteiger partial charge on any atom is -0.483 e. The normalized spacial score (nSPS) is 14.2. The average Bonchev–Trinajstić information content (AvgIpc) is 3.14. The quantitative estimate of drug-likeness (QED) is 0.495. The van der Waals surface area contributed by atoms with Gasteiger partial charge in [0.1, 0.15) is 5.60 Å². The molecular formula is C23H29NO5. The predicted molar refractivity (Wildman–Crippen MR) is 110 cm³/mol. The van der Waals surface area contributed by atoms with Crippen LogP contribution >= 0.6 is 0 Å². The number of esters is 1. The van der Waals surface area contributed by atoms with E-state index in [1.165, 1.54) is 0 Å². The largest absolute Gasteiger partial charge is 0.483 e. The first kappa shape index (κ1) is 21.0. The monoisotopic (exact) mass is 399 g/mol. The number of aromatic nitrogens is 1. The van der Waals surface area contributed by atoms with Gasteiger partial charge < -0.3 is 18.8 Å². The Hall–Kier alpha value is -2.76. The molecule has 1 aromatic heterocycles. The van der Waals surface area contributed by atoms with Gasteiger partial charge >= 0.3 is 5.97 Å².